The van der Waals surface area contributed by atoms with Crippen LogP contribution >= 0.6 is 0 Å². The second kappa shape index (κ2) is 5.44. The van der Waals surface area contributed by atoms with Gasteiger partial charge in [-0.05, 0) is 12.5 Å². The van der Waals surface area contributed by atoms with E-state index in [1.54, 1.807) is 29.4 Å². The predicted molar refractivity (Wildman–Crippen MR) is 66.7 cm³/mol. The molecule has 0 aliphatic rings. The molecule has 0 bridgehead atoms. The van der Waals surface area contributed by atoms with Crippen LogP contribution in [0.15, 0.2) is 31.0 Å². The number of ether oxygens (including phenoxy) is 1. The van der Waals surface area contributed by atoms with E-state index in [1.165, 1.54) is 6.20 Å². The fourth-order valence-corrected chi connectivity index (χ4v) is 1.52. The highest BCUT2D eigenvalue weighted by Gasteiger charge is 2.12. The fourth-order valence-electron chi connectivity index (χ4n) is 1.52. The van der Waals surface area contributed by atoms with Gasteiger partial charge in [-0.15, -0.1) is 0 Å². The number of aryl methyl sites for hydroxylation is 1. The smallest absolute Gasteiger partial charge is 0.214 e. The van der Waals surface area contributed by atoms with Crippen molar-refractivity contribution in [3.63, 3.8) is 0 Å². The van der Waals surface area contributed by atoms with Gasteiger partial charge in [0.15, 0.2) is 0 Å². The predicted octanol–water partition coefficient (Wildman–Crippen LogP) is 1.83. The molecular formula is C13H15N3O2. The molecule has 0 radical (unpaired) electrons. The lowest BCUT2D eigenvalue weighted by Crippen LogP contribution is -2.04. The first-order valence-corrected chi connectivity index (χ1v) is 5.81. The van der Waals surface area contributed by atoms with Gasteiger partial charge in [-0.1, -0.05) is 6.92 Å². The maximum absolute atomic E-state index is 12.1. The number of aromatic nitrogens is 3. The number of carbonyl (C=O) groups excluding carboxylic acids is 1. The van der Waals surface area contributed by atoms with Crippen molar-refractivity contribution in [1.29, 1.82) is 0 Å². The van der Waals surface area contributed by atoms with E-state index in [1.807, 2.05) is 14.0 Å². The standard InChI is InChI=1S/C13H15N3O2/c1-3-4-18-11-5-10(6-14-7-11)13(17)12-8-16(2)9-15-12/h5-9H,3-4H2,1-2H3. The first-order valence-electron chi connectivity index (χ1n) is 5.81. The van der Waals surface area contributed by atoms with E-state index in [4.69, 9.17) is 4.74 Å². The van der Waals surface area contributed by atoms with Gasteiger partial charge in [-0.3, -0.25) is 9.78 Å². The van der Waals surface area contributed by atoms with Gasteiger partial charge in [-0.25, -0.2) is 4.98 Å². The lowest BCUT2D eigenvalue weighted by molar-refractivity contribution is 0.103. The summed E-state index contributed by atoms with van der Waals surface area (Å²) in [6, 6.07) is 1.69. The molecule has 18 heavy (non-hydrogen) atoms. The van der Waals surface area contributed by atoms with Crippen LogP contribution < -0.4 is 4.74 Å². The molecule has 0 aliphatic heterocycles. The number of pyridine rings is 1. The molecule has 0 saturated carbocycles. The first-order chi connectivity index (χ1) is 8.70. The van der Waals surface area contributed by atoms with Crippen molar-refractivity contribution in [1.82, 2.24) is 14.5 Å². The molecule has 0 unspecified atom stereocenters. The first kappa shape index (κ1) is 12.3. The summed E-state index contributed by atoms with van der Waals surface area (Å²) in [6.45, 7) is 2.64. The SMILES string of the molecule is CCCOc1cncc(C(=O)c2cn(C)cn2)c1. The molecule has 2 heterocycles. The molecule has 0 N–H and O–H groups in total. The molecule has 5 nitrogen and oxygen atoms in total. The van der Waals surface area contributed by atoms with E-state index in [-0.39, 0.29) is 5.78 Å². The third-order valence-electron chi connectivity index (χ3n) is 2.39. The Bertz CT molecular complexity index is 549. The summed E-state index contributed by atoms with van der Waals surface area (Å²) in [6.07, 6.45) is 7.32. The average molecular weight is 245 g/mol. The fraction of sp³-hybridized carbons (Fsp3) is 0.308. The van der Waals surface area contributed by atoms with Gasteiger partial charge < -0.3 is 9.30 Å². The molecule has 2 rings (SSSR count). The molecule has 0 aromatic carbocycles. The van der Waals surface area contributed by atoms with Crippen molar-refractivity contribution in [2.45, 2.75) is 13.3 Å². The van der Waals surface area contributed by atoms with Crippen LogP contribution in [-0.4, -0.2) is 26.9 Å². The molecule has 0 aliphatic carbocycles. The second-order valence-corrected chi connectivity index (χ2v) is 4.01. The van der Waals surface area contributed by atoms with Crippen molar-refractivity contribution in [3.05, 3.63) is 42.2 Å². The lowest BCUT2D eigenvalue weighted by Gasteiger charge is -2.04. The summed E-state index contributed by atoms with van der Waals surface area (Å²) in [5.74, 6) is 0.462. The lowest BCUT2D eigenvalue weighted by atomic mass is 10.1. The zero-order valence-corrected chi connectivity index (χ0v) is 10.5. The zero-order chi connectivity index (χ0) is 13.0. The molecule has 0 fully saturated rings. The Morgan fingerprint density at radius 2 is 2.28 bits per heavy atom. The van der Waals surface area contributed by atoms with Crippen LogP contribution in [0.5, 0.6) is 5.75 Å². The third-order valence-corrected chi connectivity index (χ3v) is 2.39. The van der Waals surface area contributed by atoms with Crippen LogP contribution in [0.3, 0.4) is 0 Å². The van der Waals surface area contributed by atoms with Crippen molar-refractivity contribution < 1.29 is 9.53 Å². The van der Waals surface area contributed by atoms with Crippen molar-refractivity contribution >= 4 is 5.78 Å². The summed E-state index contributed by atoms with van der Waals surface area (Å²) >= 11 is 0. The minimum Gasteiger partial charge on any atom is -0.492 e. The number of imidazole rings is 1. The molecule has 2 aromatic heterocycles. The molecule has 0 spiro atoms. The minimum absolute atomic E-state index is 0.148. The van der Waals surface area contributed by atoms with E-state index in [9.17, 15) is 4.79 Å². The number of carbonyl (C=O) groups is 1. The largest absolute Gasteiger partial charge is 0.492 e. The Labute approximate surface area is 105 Å². The van der Waals surface area contributed by atoms with Crippen LogP contribution in [-0.2, 0) is 7.05 Å². The van der Waals surface area contributed by atoms with Gasteiger partial charge in [0.05, 0.1) is 19.1 Å². The quantitative estimate of drug-likeness (QED) is 0.754. The van der Waals surface area contributed by atoms with Gasteiger partial charge in [-0.2, -0.15) is 0 Å². The van der Waals surface area contributed by atoms with Gasteiger partial charge in [0.1, 0.15) is 11.4 Å². The molecule has 94 valence electrons. The molecule has 5 heteroatoms. The van der Waals surface area contributed by atoms with Crippen LogP contribution in [0.2, 0.25) is 0 Å². The monoisotopic (exact) mass is 245 g/mol. The number of rotatable bonds is 5. The Hall–Kier alpha value is -2.17. The zero-order valence-electron chi connectivity index (χ0n) is 10.5. The average Bonchev–Trinajstić information content (AvgIpc) is 2.82. The van der Waals surface area contributed by atoms with E-state index in [0.717, 1.165) is 6.42 Å². The van der Waals surface area contributed by atoms with Crippen molar-refractivity contribution in [2.75, 3.05) is 6.61 Å². The Morgan fingerprint density at radius 3 is 2.94 bits per heavy atom. The van der Waals surface area contributed by atoms with Crippen LogP contribution in [0.25, 0.3) is 0 Å². The Morgan fingerprint density at radius 1 is 1.44 bits per heavy atom. The van der Waals surface area contributed by atoms with E-state index in [2.05, 4.69) is 9.97 Å². The van der Waals surface area contributed by atoms with E-state index >= 15 is 0 Å². The minimum atomic E-state index is -0.148. The van der Waals surface area contributed by atoms with Crippen LogP contribution in [0.4, 0.5) is 0 Å². The maximum Gasteiger partial charge on any atom is 0.214 e. The highest BCUT2D eigenvalue weighted by molar-refractivity contribution is 6.07. The number of hydrogen-bond donors (Lipinski definition) is 0. The highest BCUT2D eigenvalue weighted by Crippen LogP contribution is 2.14. The molecule has 2 aromatic rings. The molecule has 0 amide bonds. The maximum atomic E-state index is 12.1. The third kappa shape index (κ3) is 2.74. The van der Waals surface area contributed by atoms with E-state index in [0.29, 0.717) is 23.6 Å². The van der Waals surface area contributed by atoms with Gasteiger partial charge in [0.25, 0.3) is 0 Å². The van der Waals surface area contributed by atoms with Crippen molar-refractivity contribution in [3.8, 4) is 5.75 Å². The summed E-state index contributed by atoms with van der Waals surface area (Å²) in [5.41, 5.74) is 0.897. The highest BCUT2D eigenvalue weighted by atomic mass is 16.5. The normalized spacial score (nSPS) is 10.3. The summed E-state index contributed by atoms with van der Waals surface area (Å²) < 4.78 is 7.18. The summed E-state index contributed by atoms with van der Waals surface area (Å²) in [5, 5.41) is 0. The van der Waals surface area contributed by atoms with Crippen LogP contribution in [0.1, 0.15) is 29.4 Å². The molecule has 0 atom stereocenters. The van der Waals surface area contributed by atoms with Crippen LogP contribution in [0, 0.1) is 0 Å². The number of nitrogens with zero attached hydrogens (tertiary/aromatic N) is 3. The molecule has 0 saturated heterocycles. The number of hydrogen-bond acceptors (Lipinski definition) is 4. The van der Waals surface area contributed by atoms with Crippen molar-refractivity contribution in [2.24, 2.45) is 7.05 Å². The molecular weight excluding hydrogens is 230 g/mol. The summed E-state index contributed by atoms with van der Waals surface area (Å²) in [4.78, 5) is 20.2. The Balaban J connectivity index is 2.20. The topological polar surface area (TPSA) is 57.0 Å². The second-order valence-electron chi connectivity index (χ2n) is 4.01. The Kier molecular flexibility index (Phi) is 3.72. The van der Waals surface area contributed by atoms with Gasteiger partial charge in [0, 0.05) is 25.0 Å². The van der Waals surface area contributed by atoms with E-state index < -0.39 is 0 Å². The van der Waals surface area contributed by atoms with Gasteiger partial charge >= 0.3 is 0 Å². The summed E-state index contributed by atoms with van der Waals surface area (Å²) in [7, 11) is 1.82. The van der Waals surface area contributed by atoms with Gasteiger partial charge in [0.2, 0.25) is 5.78 Å². The number of ketones is 1.